The predicted octanol–water partition coefficient (Wildman–Crippen LogP) is 4.99. The fourth-order valence-corrected chi connectivity index (χ4v) is 8.55. The minimum absolute atomic E-state index is 0.105. The largest absolute Gasteiger partial charge is 0.458 e. The fraction of sp³-hybridized carbons (Fsp3) is 0.690. The number of rotatable bonds is 17. The van der Waals surface area contributed by atoms with E-state index in [4.69, 9.17) is 9.47 Å². The van der Waals surface area contributed by atoms with Gasteiger partial charge in [-0.15, -0.1) is 0 Å². The molecule has 0 bridgehead atoms. The van der Waals surface area contributed by atoms with Gasteiger partial charge in [0.15, 0.2) is 6.04 Å². The Morgan fingerprint density at radius 1 is 0.895 bits per heavy atom. The number of likely N-dealkylation sites (tertiary alicyclic amines) is 1. The molecule has 15 heteroatoms. The van der Waals surface area contributed by atoms with Crippen molar-refractivity contribution >= 4 is 53.2 Å². The van der Waals surface area contributed by atoms with Crippen molar-refractivity contribution in [3.05, 3.63) is 35.9 Å². The molecule has 318 valence electrons. The van der Waals surface area contributed by atoms with Crippen molar-refractivity contribution in [2.24, 2.45) is 11.8 Å². The van der Waals surface area contributed by atoms with Crippen LogP contribution in [-0.2, 0) is 38.2 Å². The van der Waals surface area contributed by atoms with E-state index in [1.54, 1.807) is 69.8 Å². The molecule has 1 aliphatic carbocycles. The van der Waals surface area contributed by atoms with Gasteiger partial charge in [0.2, 0.25) is 23.5 Å². The van der Waals surface area contributed by atoms with Gasteiger partial charge in [0, 0.05) is 16.5 Å². The molecule has 4 N–H and O–H groups in total. The second-order valence-electron chi connectivity index (χ2n) is 17.4. The molecule has 1 heterocycles. The number of hydrogen-bond donors (Lipinski definition) is 4. The Morgan fingerprint density at radius 2 is 1.54 bits per heavy atom. The van der Waals surface area contributed by atoms with Gasteiger partial charge in [-0.2, -0.15) is 11.8 Å². The summed E-state index contributed by atoms with van der Waals surface area (Å²) in [7, 11) is 0. The third kappa shape index (κ3) is 15.6. The number of hydrogen-bond acceptors (Lipinski definition) is 10. The lowest BCUT2D eigenvalue weighted by Gasteiger charge is -2.34. The van der Waals surface area contributed by atoms with Gasteiger partial charge in [0.1, 0.15) is 17.7 Å². The van der Waals surface area contributed by atoms with Gasteiger partial charge in [-0.1, -0.05) is 97.6 Å². The van der Waals surface area contributed by atoms with Crippen molar-refractivity contribution in [2.75, 3.05) is 19.7 Å². The van der Waals surface area contributed by atoms with Crippen molar-refractivity contribution in [3.63, 3.8) is 0 Å². The Balaban J connectivity index is 1.76. The smallest absolute Gasteiger partial charge is 0.407 e. The summed E-state index contributed by atoms with van der Waals surface area (Å²) in [6, 6.07) is 4.27. The predicted molar refractivity (Wildman–Crippen MR) is 219 cm³/mol. The number of carbonyl (C=O) groups excluding carboxylic acids is 7. The first kappa shape index (κ1) is 47.2. The number of ether oxygens (including phenoxy) is 2. The fourth-order valence-electron chi connectivity index (χ4n) is 7.04. The van der Waals surface area contributed by atoms with E-state index in [-0.39, 0.29) is 47.3 Å². The van der Waals surface area contributed by atoms with E-state index in [0.717, 1.165) is 32.1 Å². The number of alkyl carbamates (subject to hydrolysis) is 1. The molecule has 5 amide bonds. The van der Waals surface area contributed by atoms with Crippen LogP contribution in [0.15, 0.2) is 30.3 Å². The van der Waals surface area contributed by atoms with Crippen molar-refractivity contribution in [1.82, 2.24) is 26.2 Å². The van der Waals surface area contributed by atoms with E-state index in [1.165, 1.54) is 4.90 Å². The third-order valence-electron chi connectivity index (χ3n) is 9.50. The normalized spacial score (nSPS) is 19.2. The third-order valence-corrected chi connectivity index (χ3v) is 10.9. The van der Waals surface area contributed by atoms with E-state index < -0.39 is 71.9 Å². The van der Waals surface area contributed by atoms with Crippen LogP contribution in [0.3, 0.4) is 0 Å². The van der Waals surface area contributed by atoms with Gasteiger partial charge >= 0.3 is 12.1 Å². The zero-order valence-corrected chi connectivity index (χ0v) is 36.1. The van der Waals surface area contributed by atoms with Gasteiger partial charge in [-0.3, -0.25) is 24.0 Å². The summed E-state index contributed by atoms with van der Waals surface area (Å²) >= 11 is 1.65. The molecule has 1 saturated heterocycles. The van der Waals surface area contributed by atoms with Crippen LogP contribution in [-0.4, -0.2) is 99.8 Å². The van der Waals surface area contributed by atoms with Crippen LogP contribution in [0.25, 0.3) is 0 Å². The van der Waals surface area contributed by atoms with Crippen LogP contribution in [0.5, 0.6) is 0 Å². The number of nitrogens with one attached hydrogen (secondary N) is 4. The van der Waals surface area contributed by atoms with Crippen LogP contribution in [0.4, 0.5) is 4.79 Å². The molecule has 2 fully saturated rings. The van der Waals surface area contributed by atoms with Gasteiger partial charge in [0.25, 0.3) is 5.91 Å². The Morgan fingerprint density at radius 3 is 2.12 bits per heavy atom. The summed E-state index contributed by atoms with van der Waals surface area (Å²) in [5.41, 5.74) is -0.346. The number of benzene rings is 1. The van der Waals surface area contributed by atoms with Crippen LogP contribution in [0.1, 0.15) is 125 Å². The van der Waals surface area contributed by atoms with Crippen LogP contribution < -0.4 is 21.3 Å². The van der Waals surface area contributed by atoms with Gasteiger partial charge in [0.05, 0.1) is 19.2 Å². The summed E-state index contributed by atoms with van der Waals surface area (Å²) < 4.78 is 10.7. The van der Waals surface area contributed by atoms with E-state index in [2.05, 4.69) is 42.0 Å². The number of ketones is 1. The molecule has 3 rings (SSSR count). The number of esters is 1. The average molecular weight is 816 g/mol. The Bertz CT molecular complexity index is 1550. The van der Waals surface area contributed by atoms with Crippen molar-refractivity contribution in [3.8, 4) is 0 Å². The van der Waals surface area contributed by atoms with Gasteiger partial charge in [-0.05, 0) is 63.9 Å². The molecule has 2 aliphatic rings. The zero-order chi connectivity index (χ0) is 42.5. The van der Waals surface area contributed by atoms with Crippen molar-refractivity contribution < 1.29 is 43.0 Å². The van der Waals surface area contributed by atoms with E-state index in [9.17, 15) is 33.6 Å². The second kappa shape index (κ2) is 21.6. The van der Waals surface area contributed by atoms with Crippen molar-refractivity contribution in [1.29, 1.82) is 0 Å². The molecule has 1 saturated carbocycles. The van der Waals surface area contributed by atoms with Crippen molar-refractivity contribution in [2.45, 2.75) is 153 Å². The molecule has 14 nitrogen and oxygen atoms in total. The van der Waals surface area contributed by atoms with E-state index in [0.29, 0.717) is 18.4 Å². The van der Waals surface area contributed by atoms with E-state index >= 15 is 0 Å². The molecule has 1 aliphatic heterocycles. The first-order chi connectivity index (χ1) is 26.7. The van der Waals surface area contributed by atoms with Gasteiger partial charge in [-0.25, -0.2) is 9.59 Å². The Hall–Kier alpha value is -4.14. The summed E-state index contributed by atoms with van der Waals surface area (Å²) in [6.07, 6.45) is 4.60. The Labute approximate surface area is 342 Å². The monoisotopic (exact) mass is 815 g/mol. The number of nitrogens with zero attached hydrogens (tertiary/aromatic N) is 1. The highest BCUT2D eigenvalue weighted by Crippen LogP contribution is 2.37. The highest BCUT2D eigenvalue weighted by Gasteiger charge is 2.46. The summed E-state index contributed by atoms with van der Waals surface area (Å²) in [6.45, 7) is 16.8. The topological polar surface area (TPSA) is 189 Å². The maximum Gasteiger partial charge on any atom is 0.407 e. The van der Waals surface area contributed by atoms with Crippen LogP contribution in [0.2, 0.25) is 0 Å². The molecule has 4 unspecified atom stereocenters. The molecule has 1 aromatic carbocycles. The van der Waals surface area contributed by atoms with Crippen LogP contribution >= 0.6 is 11.8 Å². The minimum Gasteiger partial charge on any atom is -0.458 e. The molecule has 0 aromatic heterocycles. The maximum atomic E-state index is 14.5. The summed E-state index contributed by atoms with van der Waals surface area (Å²) in [5, 5.41) is 10.4. The first-order valence-electron chi connectivity index (χ1n) is 20.3. The lowest BCUT2D eigenvalue weighted by atomic mass is 9.83. The first-order valence-corrected chi connectivity index (χ1v) is 21.2. The quantitative estimate of drug-likeness (QED) is 0.123. The number of carbonyl (C=O) groups is 7. The average Bonchev–Trinajstić information content (AvgIpc) is 3.55. The van der Waals surface area contributed by atoms with Crippen LogP contribution in [0, 0.1) is 11.8 Å². The summed E-state index contributed by atoms with van der Waals surface area (Å²) in [5.74, 6) is -4.43. The second-order valence-corrected chi connectivity index (χ2v) is 19.6. The highest BCUT2D eigenvalue weighted by molar-refractivity contribution is 8.01. The number of thioether (sulfide) groups is 1. The molecule has 57 heavy (non-hydrogen) atoms. The molecule has 1 aromatic rings. The lowest BCUT2D eigenvalue weighted by Crippen LogP contribution is -2.58. The number of Topliss-reactive ketones (excluding diaryl/α,β-unsaturated/α-hetero) is 1. The minimum atomic E-state index is -1.23. The zero-order valence-electron chi connectivity index (χ0n) is 35.2. The molecule has 0 radical (unpaired) electrons. The standard InChI is InChI=1S/C42H65N5O9S/c1-10-17-30(35(49)37(51)43-23-32(48)45-34(28-20-15-12-16-21-28)39(53)56-41(4,5)6)44-36(50)31-22-29(57-42(7,8)9)24-47(31)38(52)33(27-18-13-11-14-19-27)46-40(54)55-25-26(2)3/h12,15-16,20-21,26-27,29-31,33-34H,10-11,13-14,17-19,22-25H2,1-9H3,(H,43,51)(H,44,50)(H,45,48)(H,46,54)/t29-,30?,31?,33?,34?/m1/s1. The highest BCUT2D eigenvalue weighted by atomic mass is 32.2. The Kier molecular flexibility index (Phi) is 17.9. The van der Waals surface area contributed by atoms with E-state index in [1.807, 2.05) is 13.8 Å². The maximum absolute atomic E-state index is 14.5. The summed E-state index contributed by atoms with van der Waals surface area (Å²) in [4.78, 5) is 95.8. The molecular weight excluding hydrogens is 751 g/mol. The molecular formula is C42H65N5O9S. The molecule has 0 spiro atoms. The molecule has 5 atom stereocenters. The number of amides is 5. The SMILES string of the molecule is CCCC(NC(=O)C1C[C@@H](SC(C)(C)C)CN1C(=O)C(NC(=O)OCC(C)C)C1CCCCC1)C(=O)C(=O)NCC(=O)NC(C(=O)OC(C)(C)C)c1ccccc1. The van der Waals surface area contributed by atoms with Gasteiger partial charge < -0.3 is 35.6 Å². The lowest BCUT2D eigenvalue weighted by molar-refractivity contribution is -0.158.